The Bertz CT molecular complexity index is 772. The molecule has 0 bridgehead atoms. The predicted molar refractivity (Wildman–Crippen MR) is 106 cm³/mol. The van der Waals surface area contributed by atoms with Crippen LogP contribution < -0.4 is 14.2 Å². The Balaban J connectivity index is 2.58. The van der Waals surface area contributed by atoms with Gasteiger partial charge in [0.05, 0.1) is 21.3 Å². The first-order valence-corrected chi connectivity index (χ1v) is 8.44. The van der Waals surface area contributed by atoms with Crippen molar-refractivity contribution in [3.05, 3.63) is 35.9 Å². The lowest BCUT2D eigenvalue weighted by molar-refractivity contribution is -0.136. The first-order valence-electron chi connectivity index (χ1n) is 8.44. The van der Waals surface area contributed by atoms with Crippen molar-refractivity contribution >= 4 is 12.0 Å². The molecule has 0 atom stereocenters. The van der Waals surface area contributed by atoms with Crippen LogP contribution in [0.5, 0.6) is 17.2 Å². The van der Waals surface area contributed by atoms with Crippen LogP contribution in [0.2, 0.25) is 0 Å². The molecule has 0 saturated carbocycles. The van der Waals surface area contributed by atoms with E-state index >= 15 is 0 Å². The molecule has 1 aromatic rings. The number of hydrogen-bond donors (Lipinski definition) is 0. The third kappa shape index (κ3) is 8.07. The molecule has 0 unspecified atom stereocenters. The fourth-order valence-corrected chi connectivity index (χ4v) is 1.98. The van der Waals surface area contributed by atoms with Gasteiger partial charge in [0.1, 0.15) is 6.61 Å². The number of benzene rings is 1. The van der Waals surface area contributed by atoms with Crippen molar-refractivity contribution in [2.75, 3.05) is 27.9 Å². The minimum absolute atomic E-state index is 0.129. The van der Waals surface area contributed by atoms with Crippen molar-refractivity contribution in [1.29, 1.82) is 0 Å². The summed E-state index contributed by atoms with van der Waals surface area (Å²) >= 11 is 0. The van der Waals surface area contributed by atoms with Crippen molar-refractivity contribution in [2.45, 2.75) is 19.8 Å². The lowest BCUT2D eigenvalue weighted by Gasteiger charge is -2.12. The van der Waals surface area contributed by atoms with Gasteiger partial charge in [0.25, 0.3) is 0 Å². The highest BCUT2D eigenvalue weighted by molar-refractivity contribution is 5.82. The maximum absolute atomic E-state index is 11.6. The first-order chi connectivity index (χ1) is 13.2. The number of carbonyl (C=O) groups excluding carboxylic acids is 1. The molecular formula is C22H24O5. The highest BCUT2D eigenvalue weighted by Gasteiger charge is 2.11. The molecule has 0 aliphatic carbocycles. The molecule has 0 heterocycles. The lowest BCUT2D eigenvalue weighted by Crippen LogP contribution is -1.99. The van der Waals surface area contributed by atoms with E-state index in [1.165, 1.54) is 12.2 Å². The van der Waals surface area contributed by atoms with Crippen LogP contribution in [0.25, 0.3) is 6.08 Å². The number of esters is 1. The molecule has 1 aromatic carbocycles. The molecule has 1 rings (SSSR count). The summed E-state index contributed by atoms with van der Waals surface area (Å²) in [6.07, 6.45) is 8.02. The largest absolute Gasteiger partial charge is 0.493 e. The van der Waals surface area contributed by atoms with Gasteiger partial charge in [-0.25, -0.2) is 4.79 Å². The molecule has 0 aromatic heterocycles. The van der Waals surface area contributed by atoms with Crippen LogP contribution in [0.3, 0.4) is 0 Å². The van der Waals surface area contributed by atoms with Gasteiger partial charge in [-0.3, -0.25) is 0 Å². The van der Waals surface area contributed by atoms with Crippen LogP contribution in [0.1, 0.15) is 25.3 Å². The Labute approximate surface area is 161 Å². The summed E-state index contributed by atoms with van der Waals surface area (Å²) in [6, 6.07) is 3.60. The maximum atomic E-state index is 11.6. The Kier molecular flexibility index (Phi) is 10.4. The van der Waals surface area contributed by atoms with Gasteiger partial charge in [0, 0.05) is 12.5 Å². The maximum Gasteiger partial charge on any atom is 0.331 e. The van der Waals surface area contributed by atoms with Gasteiger partial charge in [-0.05, 0) is 48.1 Å². The molecule has 0 fully saturated rings. The fraction of sp³-hybridized carbons (Fsp3) is 0.318. The summed E-state index contributed by atoms with van der Waals surface area (Å²) in [5.41, 5.74) is 0.826. The molecule has 0 radical (unpaired) electrons. The van der Waals surface area contributed by atoms with Gasteiger partial charge < -0.3 is 18.9 Å². The average molecular weight is 368 g/mol. The molecule has 0 N–H and O–H groups in total. The van der Waals surface area contributed by atoms with Gasteiger partial charge in [-0.2, -0.15) is 0 Å². The molecule has 0 aliphatic heterocycles. The Morgan fingerprint density at radius 3 is 2.37 bits per heavy atom. The molecule has 0 spiro atoms. The summed E-state index contributed by atoms with van der Waals surface area (Å²) < 4.78 is 20.9. The number of methoxy groups -OCH3 is 3. The zero-order valence-corrected chi connectivity index (χ0v) is 16.1. The van der Waals surface area contributed by atoms with Crippen molar-refractivity contribution < 1.29 is 23.7 Å². The summed E-state index contributed by atoms with van der Waals surface area (Å²) in [5, 5.41) is 0. The van der Waals surface area contributed by atoms with E-state index in [2.05, 4.69) is 23.7 Å². The van der Waals surface area contributed by atoms with Crippen LogP contribution >= 0.6 is 0 Å². The second kappa shape index (κ2) is 13.0. The Hall–Kier alpha value is -3.31. The zero-order valence-electron chi connectivity index (χ0n) is 16.1. The summed E-state index contributed by atoms with van der Waals surface area (Å²) in [7, 11) is 4.65. The zero-order chi connectivity index (χ0) is 19.9. The van der Waals surface area contributed by atoms with E-state index in [0.29, 0.717) is 17.2 Å². The van der Waals surface area contributed by atoms with Gasteiger partial charge in [0.2, 0.25) is 5.75 Å². The Morgan fingerprint density at radius 1 is 1.07 bits per heavy atom. The van der Waals surface area contributed by atoms with E-state index in [1.54, 1.807) is 45.6 Å². The fourth-order valence-electron chi connectivity index (χ4n) is 1.98. The highest BCUT2D eigenvalue weighted by atomic mass is 16.5. The standard InChI is InChI=1S/C22H24O5/c1-5-6-7-8-9-10-11-14-21(23)27-15-12-13-18-16-19(24-2)22(26-4)20(17-18)25-3/h11-14,16-17H,5-6,15H2,1-4H3. The van der Waals surface area contributed by atoms with Crippen LogP contribution in [0.15, 0.2) is 30.4 Å². The Morgan fingerprint density at radius 2 is 1.78 bits per heavy atom. The minimum atomic E-state index is -0.472. The van der Waals surface area contributed by atoms with E-state index in [-0.39, 0.29) is 6.61 Å². The number of rotatable bonds is 8. The van der Waals surface area contributed by atoms with Gasteiger partial charge in [-0.15, -0.1) is 0 Å². The second-order valence-corrected chi connectivity index (χ2v) is 5.15. The predicted octanol–water partition coefficient (Wildman–Crippen LogP) is 3.63. The first kappa shape index (κ1) is 21.7. The van der Waals surface area contributed by atoms with Crippen LogP contribution in [0.4, 0.5) is 0 Å². The summed E-state index contributed by atoms with van der Waals surface area (Å²) in [4.78, 5) is 11.6. The average Bonchev–Trinajstić information content (AvgIpc) is 2.69. The minimum Gasteiger partial charge on any atom is -0.493 e. The van der Waals surface area contributed by atoms with Crippen LogP contribution in [-0.2, 0) is 9.53 Å². The number of unbranched alkanes of at least 4 members (excludes halogenated alkanes) is 1. The van der Waals surface area contributed by atoms with Crippen LogP contribution in [0, 0.1) is 23.7 Å². The molecule has 5 nitrogen and oxygen atoms in total. The topological polar surface area (TPSA) is 54.0 Å². The van der Waals surface area contributed by atoms with Crippen LogP contribution in [-0.4, -0.2) is 33.9 Å². The molecule has 27 heavy (non-hydrogen) atoms. The van der Waals surface area contributed by atoms with E-state index in [0.717, 1.165) is 18.4 Å². The SMILES string of the molecule is CCCC#CC#CC=CC(=O)OCC=Cc1cc(OC)c(OC)c(OC)c1. The normalized spacial score (nSPS) is 9.93. The number of allylic oxidation sites excluding steroid dienone is 1. The van der Waals surface area contributed by atoms with Crippen molar-refractivity contribution in [1.82, 2.24) is 0 Å². The summed E-state index contributed by atoms with van der Waals surface area (Å²) in [6.45, 7) is 2.18. The third-order valence-electron chi connectivity index (χ3n) is 3.22. The van der Waals surface area contributed by atoms with Gasteiger partial charge in [0.15, 0.2) is 11.5 Å². The van der Waals surface area contributed by atoms with E-state index < -0.39 is 5.97 Å². The number of hydrogen-bond acceptors (Lipinski definition) is 5. The third-order valence-corrected chi connectivity index (χ3v) is 3.22. The molecule has 142 valence electrons. The lowest BCUT2D eigenvalue weighted by atomic mass is 10.1. The van der Waals surface area contributed by atoms with Crippen molar-refractivity contribution in [3.8, 4) is 40.9 Å². The summed E-state index contributed by atoms with van der Waals surface area (Å²) in [5.74, 6) is 12.1. The van der Waals surface area contributed by atoms with Gasteiger partial charge >= 0.3 is 5.97 Å². The second-order valence-electron chi connectivity index (χ2n) is 5.15. The van der Waals surface area contributed by atoms with Gasteiger partial charge in [-0.1, -0.05) is 24.8 Å². The number of ether oxygens (including phenoxy) is 4. The molecule has 0 aliphatic rings. The smallest absolute Gasteiger partial charge is 0.331 e. The molecule has 0 amide bonds. The van der Waals surface area contributed by atoms with E-state index in [1.807, 2.05) is 6.92 Å². The van der Waals surface area contributed by atoms with Crippen molar-refractivity contribution in [2.24, 2.45) is 0 Å². The molecule has 0 saturated heterocycles. The molecule has 5 heteroatoms. The van der Waals surface area contributed by atoms with E-state index in [9.17, 15) is 4.79 Å². The highest BCUT2D eigenvalue weighted by Crippen LogP contribution is 2.38. The molecular weight excluding hydrogens is 344 g/mol. The van der Waals surface area contributed by atoms with Crippen molar-refractivity contribution in [3.63, 3.8) is 0 Å². The number of carbonyl (C=O) groups is 1. The van der Waals surface area contributed by atoms with E-state index in [4.69, 9.17) is 18.9 Å². The monoisotopic (exact) mass is 368 g/mol. The quantitative estimate of drug-likeness (QED) is 0.398.